The van der Waals surface area contributed by atoms with Crippen molar-refractivity contribution in [1.29, 1.82) is 0 Å². The molecule has 1 unspecified atom stereocenters. The Kier molecular flexibility index (Phi) is 6.75. The summed E-state index contributed by atoms with van der Waals surface area (Å²) in [6.45, 7) is 2.49. The Balaban J connectivity index is 1.30. The molecule has 1 N–H and O–H groups in total. The Morgan fingerprint density at radius 2 is 1.78 bits per heavy atom. The molecule has 170 valence electrons. The fraction of sp³-hybridized carbons (Fsp3) is 0.481. The number of nitrogens with one attached hydrogen (secondary N) is 1. The Bertz CT molecular complexity index is 964. The Morgan fingerprint density at radius 1 is 1.09 bits per heavy atom. The van der Waals surface area contributed by atoms with Gasteiger partial charge in [0.25, 0.3) is 0 Å². The third kappa shape index (κ3) is 4.78. The van der Waals surface area contributed by atoms with Gasteiger partial charge in [-0.25, -0.2) is 4.39 Å². The van der Waals surface area contributed by atoms with E-state index in [0.717, 1.165) is 45.1 Å². The highest BCUT2D eigenvalue weighted by Crippen LogP contribution is 2.54. The number of amides is 1. The first kappa shape index (κ1) is 22.7. The average molecular weight is 437 g/mol. The van der Waals surface area contributed by atoms with Gasteiger partial charge in [0.15, 0.2) is 5.78 Å². The molecule has 2 aromatic carbocycles. The molecule has 1 spiro atoms. The predicted molar refractivity (Wildman–Crippen MR) is 124 cm³/mol. The van der Waals surface area contributed by atoms with E-state index in [2.05, 4.69) is 41.5 Å². The van der Waals surface area contributed by atoms with Gasteiger partial charge < -0.3 is 10.2 Å². The van der Waals surface area contributed by atoms with E-state index in [0.29, 0.717) is 18.0 Å². The first-order chi connectivity index (χ1) is 15.4. The van der Waals surface area contributed by atoms with Crippen molar-refractivity contribution in [2.45, 2.75) is 64.0 Å². The second-order valence-electron chi connectivity index (χ2n) is 9.62. The van der Waals surface area contributed by atoms with Crippen LogP contribution in [0.15, 0.2) is 48.5 Å². The zero-order chi connectivity index (χ0) is 22.7. The van der Waals surface area contributed by atoms with Crippen LogP contribution in [0, 0.1) is 11.2 Å². The van der Waals surface area contributed by atoms with Crippen molar-refractivity contribution < 1.29 is 14.0 Å². The van der Waals surface area contributed by atoms with Crippen molar-refractivity contribution in [2.24, 2.45) is 5.41 Å². The maximum absolute atomic E-state index is 13.0. The van der Waals surface area contributed by atoms with E-state index in [4.69, 9.17) is 0 Å². The topological polar surface area (TPSA) is 49.4 Å². The molecule has 2 aliphatic carbocycles. The average Bonchev–Trinajstić information content (AvgIpc) is 3.06. The molecule has 1 atom stereocenters. The number of carbonyl (C=O) groups is 2. The summed E-state index contributed by atoms with van der Waals surface area (Å²) in [6.07, 6.45) is 6.71. The van der Waals surface area contributed by atoms with E-state index >= 15 is 0 Å². The molecule has 2 aromatic rings. The van der Waals surface area contributed by atoms with E-state index in [-0.39, 0.29) is 29.0 Å². The van der Waals surface area contributed by atoms with Gasteiger partial charge >= 0.3 is 0 Å². The monoisotopic (exact) mass is 436 g/mol. The standard InChI is InChI=1S/C27H33FN2O2/c1-19(31)29-26-24-7-4-3-6-21(24)18-27(26)15-13-23(14-16-27)30(2)17-5-8-25(32)20-9-11-22(28)12-10-20/h3-4,6-7,9-12,23,26H,5,8,13-18H2,1-2H3,(H,29,31). The molecular weight excluding hydrogens is 403 g/mol. The van der Waals surface area contributed by atoms with E-state index in [9.17, 15) is 14.0 Å². The Hall–Kier alpha value is -2.53. The number of carbonyl (C=O) groups excluding carboxylic acids is 2. The lowest BCUT2D eigenvalue weighted by Gasteiger charge is -2.44. The first-order valence-electron chi connectivity index (χ1n) is 11.7. The van der Waals surface area contributed by atoms with Crippen molar-refractivity contribution in [1.82, 2.24) is 10.2 Å². The lowest BCUT2D eigenvalue weighted by molar-refractivity contribution is -0.120. The van der Waals surface area contributed by atoms with Crippen molar-refractivity contribution >= 4 is 11.7 Å². The van der Waals surface area contributed by atoms with Gasteiger partial charge in [-0.05, 0) is 92.9 Å². The van der Waals surface area contributed by atoms with Crippen LogP contribution in [0.25, 0.3) is 0 Å². The number of nitrogens with zero attached hydrogens (tertiary/aromatic N) is 1. The SMILES string of the molecule is CC(=O)NC1c2ccccc2CC12CCC(N(C)CCCC(=O)c1ccc(F)cc1)CC2. The molecule has 4 nitrogen and oxygen atoms in total. The molecule has 0 heterocycles. The number of hydrogen-bond acceptors (Lipinski definition) is 3. The van der Waals surface area contributed by atoms with E-state index in [1.165, 1.54) is 23.3 Å². The number of fused-ring (bicyclic) bond motifs is 1. The van der Waals surface area contributed by atoms with Crippen molar-refractivity contribution in [3.05, 3.63) is 71.0 Å². The van der Waals surface area contributed by atoms with Crippen LogP contribution >= 0.6 is 0 Å². The lowest BCUT2D eigenvalue weighted by Crippen LogP contribution is -2.44. The normalized spacial score (nSPS) is 24.5. The van der Waals surface area contributed by atoms with Crippen LogP contribution in [0.3, 0.4) is 0 Å². The summed E-state index contributed by atoms with van der Waals surface area (Å²) in [5, 5.41) is 3.25. The summed E-state index contributed by atoms with van der Waals surface area (Å²) in [7, 11) is 2.15. The third-order valence-corrected chi connectivity index (χ3v) is 7.52. The number of benzene rings is 2. The Labute approximate surface area is 190 Å². The van der Waals surface area contributed by atoms with Gasteiger partial charge in [0.1, 0.15) is 5.82 Å². The van der Waals surface area contributed by atoms with Crippen LogP contribution in [0.4, 0.5) is 4.39 Å². The summed E-state index contributed by atoms with van der Waals surface area (Å²) >= 11 is 0. The van der Waals surface area contributed by atoms with Crippen molar-refractivity contribution in [3.63, 3.8) is 0 Å². The van der Waals surface area contributed by atoms with Crippen LogP contribution in [-0.2, 0) is 11.2 Å². The molecule has 0 bridgehead atoms. The zero-order valence-corrected chi connectivity index (χ0v) is 19.1. The number of rotatable bonds is 7. The van der Waals surface area contributed by atoms with Gasteiger partial charge in [-0.2, -0.15) is 0 Å². The van der Waals surface area contributed by atoms with Gasteiger partial charge in [-0.3, -0.25) is 9.59 Å². The summed E-state index contributed by atoms with van der Waals surface area (Å²) < 4.78 is 13.0. The molecule has 0 saturated heterocycles. The second kappa shape index (κ2) is 9.53. The number of ketones is 1. The van der Waals surface area contributed by atoms with Gasteiger partial charge in [-0.1, -0.05) is 24.3 Å². The highest BCUT2D eigenvalue weighted by atomic mass is 19.1. The lowest BCUT2D eigenvalue weighted by atomic mass is 9.68. The summed E-state index contributed by atoms with van der Waals surface area (Å²) in [5.41, 5.74) is 3.36. The first-order valence-corrected chi connectivity index (χ1v) is 11.7. The molecular formula is C27H33FN2O2. The number of hydrogen-bond donors (Lipinski definition) is 1. The number of halogens is 1. The van der Waals surface area contributed by atoms with Crippen molar-refractivity contribution in [2.75, 3.05) is 13.6 Å². The fourth-order valence-corrected chi connectivity index (χ4v) is 5.76. The van der Waals surface area contributed by atoms with Crippen LogP contribution in [-0.4, -0.2) is 36.2 Å². The molecule has 2 aliphatic rings. The van der Waals surface area contributed by atoms with Gasteiger partial charge in [0.2, 0.25) is 5.91 Å². The summed E-state index contributed by atoms with van der Waals surface area (Å²) in [6, 6.07) is 14.9. The minimum absolute atomic E-state index is 0.0381. The molecule has 0 radical (unpaired) electrons. The fourth-order valence-electron chi connectivity index (χ4n) is 5.76. The van der Waals surface area contributed by atoms with Crippen molar-refractivity contribution in [3.8, 4) is 0 Å². The Morgan fingerprint density at radius 3 is 2.47 bits per heavy atom. The van der Waals surface area contributed by atoms with E-state index in [1.54, 1.807) is 19.1 Å². The third-order valence-electron chi connectivity index (χ3n) is 7.52. The minimum Gasteiger partial charge on any atom is -0.349 e. The molecule has 1 saturated carbocycles. The van der Waals surface area contributed by atoms with E-state index < -0.39 is 0 Å². The maximum Gasteiger partial charge on any atom is 0.217 e. The van der Waals surface area contributed by atoms with Gasteiger partial charge in [-0.15, -0.1) is 0 Å². The largest absolute Gasteiger partial charge is 0.349 e. The minimum atomic E-state index is -0.317. The molecule has 5 heteroatoms. The van der Waals surface area contributed by atoms with Gasteiger partial charge in [0.05, 0.1) is 6.04 Å². The number of Topliss-reactive ketones (excluding diaryl/α,β-unsaturated/α-hetero) is 1. The quantitative estimate of drug-likeness (QED) is 0.616. The maximum atomic E-state index is 13.0. The van der Waals surface area contributed by atoms with Crippen LogP contribution in [0.5, 0.6) is 0 Å². The van der Waals surface area contributed by atoms with Gasteiger partial charge in [0, 0.05) is 24.9 Å². The summed E-state index contributed by atoms with van der Waals surface area (Å²) in [4.78, 5) is 26.7. The van der Waals surface area contributed by atoms with Crippen LogP contribution in [0.2, 0.25) is 0 Å². The molecule has 0 aromatic heterocycles. The molecule has 1 amide bonds. The molecule has 0 aliphatic heterocycles. The highest BCUT2D eigenvalue weighted by molar-refractivity contribution is 5.95. The van der Waals surface area contributed by atoms with Crippen LogP contribution < -0.4 is 5.32 Å². The zero-order valence-electron chi connectivity index (χ0n) is 19.1. The summed E-state index contributed by atoms with van der Waals surface area (Å²) in [5.74, 6) is -0.207. The molecule has 1 fully saturated rings. The second-order valence-corrected chi connectivity index (χ2v) is 9.62. The van der Waals surface area contributed by atoms with Crippen LogP contribution in [0.1, 0.15) is 73.0 Å². The highest BCUT2D eigenvalue weighted by Gasteiger charge is 2.48. The smallest absolute Gasteiger partial charge is 0.217 e. The molecule has 32 heavy (non-hydrogen) atoms. The predicted octanol–water partition coefficient (Wildman–Crippen LogP) is 5.08. The van der Waals surface area contributed by atoms with E-state index in [1.807, 2.05) is 0 Å². The molecule has 4 rings (SSSR count).